The molecule has 0 radical (unpaired) electrons. The Morgan fingerprint density at radius 3 is 3.13 bits per heavy atom. The zero-order chi connectivity index (χ0) is 10.3. The number of fused-ring (bicyclic) bond motifs is 1. The number of pyridine rings is 1. The van der Waals surface area contributed by atoms with Crippen molar-refractivity contribution in [2.45, 2.75) is 12.3 Å². The summed E-state index contributed by atoms with van der Waals surface area (Å²) >= 11 is 3.46. The molecule has 3 heterocycles. The first-order chi connectivity index (χ1) is 7.34. The number of rotatable bonds is 1. The maximum absolute atomic E-state index is 4.54. The summed E-state index contributed by atoms with van der Waals surface area (Å²) in [6, 6.07) is 5.92. The zero-order valence-corrected chi connectivity index (χ0v) is 9.74. The van der Waals surface area contributed by atoms with Crippen LogP contribution in [0.3, 0.4) is 0 Å². The highest BCUT2D eigenvalue weighted by atomic mass is 79.9. The predicted molar refractivity (Wildman–Crippen MR) is 60.9 cm³/mol. The molecule has 1 aliphatic rings. The highest BCUT2D eigenvalue weighted by Crippen LogP contribution is 2.21. The van der Waals surface area contributed by atoms with Crippen molar-refractivity contribution in [1.82, 2.24) is 19.9 Å². The summed E-state index contributed by atoms with van der Waals surface area (Å²) < 4.78 is 2.79. The average Bonchev–Trinajstić information content (AvgIpc) is 2.86. The summed E-state index contributed by atoms with van der Waals surface area (Å²) in [5, 5.41) is 7.84. The summed E-state index contributed by atoms with van der Waals surface area (Å²) in [6.45, 7) is 2.07. The van der Waals surface area contributed by atoms with Crippen molar-refractivity contribution in [1.29, 1.82) is 0 Å². The number of nitrogens with zero attached hydrogens (tertiary/aromatic N) is 3. The highest BCUT2D eigenvalue weighted by Gasteiger charge is 2.21. The van der Waals surface area contributed by atoms with E-state index in [0.29, 0.717) is 5.92 Å². The first-order valence-electron chi connectivity index (χ1n) is 5.06. The molecule has 0 aromatic carbocycles. The molecule has 5 heteroatoms. The third kappa shape index (κ3) is 1.55. The Morgan fingerprint density at radius 1 is 1.47 bits per heavy atom. The number of hydrogen-bond donors (Lipinski definition) is 1. The fourth-order valence-corrected chi connectivity index (χ4v) is 2.35. The average molecular weight is 267 g/mol. The Labute approximate surface area is 95.8 Å². The number of hydrogen-bond acceptors (Lipinski definition) is 3. The fourth-order valence-electron chi connectivity index (χ4n) is 1.94. The van der Waals surface area contributed by atoms with Gasteiger partial charge in [0.2, 0.25) is 0 Å². The first-order valence-corrected chi connectivity index (χ1v) is 5.86. The van der Waals surface area contributed by atoms with Crippen LogP contribution in [0.4, 0.5) is 0 Å². The van der Waals surface area contributed by atoms with Crippen molar-refractivity contribution >= 4 is 21.6 Å². The summed E-state index contributed by atoms with van der Waals surface area (Å²) in [7, 11) is 0. The van der Waals surface area contributed by atoms with E-state index in [1.165, 1.54) is 0 Å². The molecule has 1 atom stereocenters. The number of aromatic nitrogens is 3. The van der Waals surface area contributed by atoms with E-state index >= 15 is 0 Å². The minimum Gasteiger partial charge on any atom is -0.316 e. The highest BCUT2D eigenvalue weighted by molar-refractivity contribution is 9.10. The van der Waals surface area contributed by atoms with Crippen molar-refractivity contribution < 1.29 is 0 Å². The van der Waals surface area contributed by atoms with Crippen molar-refractivity contribution in [2.24, 2.45) is 0 Å². The van der Waals surface area contributed by atoms with E-state index in [1.54, 1.807) is 0 Å². The first kappa shape index (κ1) is 9.30. The van der Waals surface area contributed by atoms with Gasteiger partial charge in [0.05, 0.1) is 0 Å². The van der Waals surface area contributed by atoms with Crippen LogP contribution in [-0.4, -0.2) is 27.7 Å². The summed E-state index contributed by atoms with van der Waals surface area (Å²) in [6.07, 6.45) is 1.13. The van der Waals surface area contributed by atoms with Gasteiger partial charge in [-0.15, -0.1) is 5.10 Å². The smallest absolute Gasteiger partial charge is 0.156 e. The molecule has 1 N–H and O–H groups in total. The van der Waals surface area contributed by atoms with Crippen LogP contribution in [0.15, 0.2) is 22.8 Å². The molecule has 4 nitrogen and oxygen atoms in total. The lowest BCUT2D eigenvalue weighted by Gasteiger charge is -1.99. The second-order valence-electron chi connectivity index (χ2n) is 3.78. The van der Waals surface area contributed by atoms with Crippen molar-refractivity contribution in [3.63, 3.8) is 0 Å². The topological polar surface area (TPSA) is 42.2 Å². The van der Waals surface area contributed by atoms with Gasteiger partial charge in [-0.1, -0.05) is 6.07 Å². The van der Waals surface area contributed by atoms with Gasteiger partial charge in [-0.05, 0) is 41.0 Å². The normalized spacial score (nSPS) is 21.3. The SMILES string of the molecule is Brc1cccc2nc(C3CCNC3)nn12. The lowest BCUT2D eigenvalue weighted by molar-refractivity contribution is 0.697. The largest absolute Gasteiger partial charge is 0.316 e. The van der Waals surface area contributed by atoms with Crippen molar-refractivity contribution in [3.05, 3.63) is 28.6 Å². The molecule has 1 saturated heterocycles. The standard InChI is InChI=1S/C10H11BrN4/c11-8-2-1-3-9-13-10(14-15(8)9)7-4-5-12-6-7/h1-3,7,12H,4-6H2. The zero-order valence-electron chi connectivity index (χ0n) is 8.15. The van der Waals surface area contributed by atoms with E-state index in [1.807, 2.05) is 22.7 Å². The Hall–Kier alpha value is -0.940. The van der Waals surface area contributed by atoms with E-state index in [2.05, 4.69) is 31.3 Å². The molecular weight excluding hydrogens is 256 g/mol. The predicted octanol–water partition coefficient (Wildman–Crippen LogP) is 1.57. The third-order valence-corrected chi connectivity index (χ3v) is 3.36. The van der Waals surface area contributed by atoms with Crippen LogP contribution in [-0.2, 0) is 0 Å². The van der Waals surface area contributed by atoms with E-state index in [0.717, 1.165) is 35.6 Å². The van der Waals surface area contributed by atoms with Crippen LogP contribution in [0.5, 0.6) is 0 Å². The molecule has 0 aliphatic carbocycles. The van der Waals surface area contributed by atoms with Crippen LogP contribution in [0.2, 0.25) is 0 Å². The van der Waals surface area contributed by atoms with Gasteiger partial charge in [0.25, 0.3) is 0 Å². The molecule has 2 aromatic rings. The molecule has 15 heavy (non-hydrogen) atoms. The lowest BCUT2D eigenvalue weighted by atomic mass is 10.1. The Bertz CT molecular complexity index is 487. The van der Waals surface area contributed by atoms with E-state index in [4.69, 9.17) is 0 Å². The quantitative estimate of drug-likeness (QED) is 0.797. The number of nitrogens with one attached hydrogen (secondary N) is 1. The molecule has 0 bridgehead atoms. The molecule has 1 unspecified atom stereocenters. The molecule has 3 rings (SSSR count). The lowest BCUT2D eigenvalue weighted by Crippen LogP contribution is -2.08. The summed E-state index contributed by atoms with van der Waals surface area (Å²) in [4.78, 5) is 4.54. The van der Waals surface area contributed by atoms with Gasteiger partial charge in [-0.2, -0.15) is 0 Å². The van der Waals surface area contributed by atoms with Gasteiger partial charge in [0.1, 0.15) is 4.60 Å². The molecule has 0 saturated carbocycles. The maximum atomic E-state index is 4.54. The van der Waals surface area contributed by atoms with E-state index in [-0.39, 0.29) is 0 Å². The fraction of sp³-hybridized carbons (Fsp3) is 0.400. The molecule has 1 aliphatic heterocycles. The van der Waals surface area contributed by atoms with Gasteiger partial charge >= 0.3 is 0 Å². The molecule has 2 aromatic heterocycles. The van der Waals surface area contributed by atoms with Crippen LogP contribution in [0.1, 0.15) is 18.2 Å². The minimum absolute atomic E-state index is 0.469. The maximum Gasteiger partial charge on any atom is 0.156 e. The third-order valence-electron chi connectivity index (χ3n) is 2.76. The molecule has 1 fully saturated rings. The minimum atomic E-state index is 0.469. The van der Waals surface area contributed by atoms with Crippen LogP contribution < -0.4 is 5.32 Å². The summed E-state index contributed by atoms with van der Waals surface area (Å²) in [5.41, 5.74) is 0.909. The molecule has 78 valence electrons. The Morgan fingerprint density at radius 2 is 2.40 bits per heavy atom. The van der Waals surface area contributed by atoms with Crippen LogP contribution in [0, 0.1) is 0 Å². The van der Waals surface area contributed by atoms with Gasteiger partial charge in [0, 0.05) is 12.5 Å². The second kappa shape index (κ2) is 3.57. The Balaban J connectivity index is 2.09. The van der Waals surface area contributed by atoms with Crippen LogP contribution in [0.25, 0.3) is 5.65 Å². The number of halogens is 1. The molecular formula is C10H11BrN4. The molecule has 0 spiro atoms. The van der Waals surface area contributed by atoms with Crippen LogP contribution >= 0.6 is 15.9 Å². The Kier molecular flexibility index (Phi) is 2.21. The van der Waals surface area contributed by atoms with Gasteiger partial charge in [-0.25, -0.2) is 9.50 Å². The van der Waals surface area contributed by atoms with Gasteiger partial charge in [0.15, 0.2) is 11.5 Å². The van der Waals surface area contributed by atoms with E-state index < -0.39 is 0 Å². The van der Waals surface area contributed by atoms with Crippen molar-refractivity contribution in [2.75, 3.05) is 13.1 Å². The monoisotopic (exact) mass is 266 g/mol. The van der Waals surface area contributed by atoms with Crippen molar-refractivity contribution in [3.8, 4) is 0 Å². The summed E-state index contributed by atoms with van der Waals surface area (Å²) in [5.74, 6) is 1.42. The van der Waals surface area contributed by atoms with Gasteiger partial charge in [-0.3, -0.25) is 0 Å². The van der Waals surface area contributed by atoms with Gasteiger partial charge < -0.3 is 5.32 Å². The van der Waals surface area contributed by atoms with E-state index in [9.17, 15) is 0 Å². The molecule has 0 amide bonds. The second-order valence-corrected chi connectivity index (χ2v) is 4.59.